The van der Waals surface area contributed by atoms with Crippen molar-refractivity contribution in [1.82, 2.24) is 9.80 Å². The van der Waals surface area contributed by atoms with Gasteiger partial charge < -0.3 is 15.5 Å². The molecule has 0 spiro atoms. The molecule has 0 aromatic carbocycles. The number of nitrogens with zero attached hydrogens (tertiary/aromatic N) is 2. The van der Waals surface area contributed by atoms with Crippen molar-refractivity contribution in [2.45, 2.75) is 44.9 Å². The van der Waals surface area contributed by atoms with Gasteiger partial charge >= 0.3 is 0 Å². The molecule has 2 heterocycles. The number of amides is 2. The lowest BCUT2D eigenvalue weighted by Gasteiger charge is -2.34. The van der Waals surface area contributed by atoms with Crippen molar-refractivity contribution in [3.63, 3.8) is 0 Å². The average Bonchev–Trinajstić information content (AvgIpc) is 3.24. The van der Waals surface area contributed by atoms with Crippen LogP contribution in [0.1, 0.15) is 44.9 Å². The molecule has 2 N–H and O–H groups in total. The summed E-state index contributed by atoms with van der Waals surface area (Å²) in [4.78, 5) is 29.7. The molecule has 23 heavy (non-hydrogen) atoms. The van der Waals surface area contributed by atoms with Crippen molar-refractivity contribution in [2.24, 2.45) is 23.5 Å². The molecule has 3 unspecified atom stereocenters. The van der Waals surface area contributed by atoms with E-state index in [1.54, 1.807) is 0 Å². The van der Waals surface area contributed by atoms with Crippen molar-refractivity contribution < 1.29 is 9.59 Å². The molecular formula is C17H30ClN3O2. The highest BCUT2D eigenvalue weighted by Gasteiger charge is 2.41. The Bertz CT molecular complexity index is 426. The van der Waals surface area contributed by atoms with Gasteiger partial charge in [0, 0.05) is 38.0 Å². The second-order valence-electron chi connectivity index (χ2n) is 7.20. The van der Waals surface area contributed by atoms with E-state index < -0.39 is 0 Å². The van der Waals surface area contributed by atoms with Gasteiger partial charge in [-0.25, -0.2) is 0 Å². The zero-order chi connectivity index (χ0) is 15.5. The number of hydrogen-bond acceptors (Lipinski definition) is 3. The number of halogens is 1. The van der Waals surface area contributed by atoms with E-state index in [2.05, 4.69) is 0 Å². The van der Waals surface area contributed by atoms with Gasteiger partial charge in [0.1, 0.15) is 0 Å². The molecule has 2 saturated heterocycles. The predicted octanol–water partition coefficient (Wildman–Crippen LogP) is 1.64. The Labute approximate surface area is 145 Å². The molecule has 3 atom stereocenters. The van der Waals surface area contributed by atoms with Crippen molar-refractivity contribution in [3.8, 4) is 0 Å². The fourth-order valence-corrected chi connectivity index (χ4v) is 4.35. The minimum atomic E-state index is -0.0848. The van der Waals surface area contributed by atoms with E-state index >= 15 is 0 Å². The first-order chi connectivity index (χ1) is 10.7. The first-order valence-electron chi connectivity index (χ1n) is 8.98. The highest BCUT2D eigenvalue weighted by molar-refractivity contribution is 5.88. The highest BCUT2D eigenvalue weighted by Crippen LogP contribution is 2.34. The van der Waals surface area contributed by atoms with Crippen LogP contribution in [0, 0.1) is 17.8 Å². The van der Waals surface area contributed by atoms with E-state index in [0.29, 0.717) is 12.5 Å². The molecule has 0 radical (unpaired) electrons. The Kier molecular flexibility index (Phi) is 6.72. The normalized spacial score (nSPS) is 31.1. The number of carbonyl (C=O) groups excluding carboxylic acids is 2. The molecule has 2 amide bonds. The lowest BCUT2D eigenvalue weighted by molar-refractivity contribution is -0.147. The number of hydrogen-bond donors (Lipinski definition) is 1. The molecule has 2 aliphatic heterocycles. The fourth-order valence-electron chi connectivity index (χ4n) is 4.35. The summed E-state index contributed by atoms with van der Waals surface area (Å²) in [5, 5.41) is 0. The van der Waals surface area contributed by atoms with Crippen LogP contribution in [0.3, 0.4) is 0 Å². The van der Waals surface area contributed by atoms with Crippen LogP contribution in [0.25, 0.3) is 0 Å². The maximum Gasteiger partial charge on any atom is 0.226 e. The average molecular weight is 344 g/mol. The molecule has 5 nitrogen and oxygen atoms in total. The summed E-state index contributed by atoms with van der Waals surface area (Å²) >= 11 is 0. The lowest BCUT2D eigenvalue weighted by atomic mass is 9.77. The van der Waals surface area contributed by atoms with Crippen molar-refractivity contribution >= 4 is 24.2 Å². The van der Waals surface area contributed by atoms with Crippen molar-refractivity contribution in [3.05, 3.63) is 0 Å². The maximum atomic E-state index is 12.9. The smallest absolute Gasteiger partial charge is 0.226 e. The van der Waals surface area contributed by atoms with Crippen LogP contribution in [-0.4, -0.2) is 54.3 Å². The van der Waals surface area contributed by atoms with Gasteiger partial charge in [-0.2, -0.15) is 0 Å². The van der Waals surface area contributed by atoms with E-state index in [4.69, 9.17) is 5.73 Å². The second kappa shape index (κ2) is 8.34. The standard InChI is InChI=1S/C17H29N3O2.ClH/c18-11-13-7-10-20(12-13)17(22)15-6-2-1-5-14(15)16(21)19-8-3-4-9-19;/h13-15H,1-12,18H2;1H. The van der Waals surface area contributed by atoms with Gasteiger partial charge in [0.2, 0.25) is 11.8 Å². The molecular weight excluding hydrogens is 314 g/mol. The van der Waals surface area contributed by atoms with E-state index in [0.717, 1.165) is 71.1 Å². The van der Waals surface area contributed by atoms with E-state index in [-0.39, 0.29) is 36.1 Å². The maximum absolute atomic E-state index is 12.9. The first-order valence-corrected chi connectivity index (χ1v) is 8.98. The van der Waals surface area contributed by atoms with Crippen LogP contribution < -0.4 is 5.73 Å². The van der Waals surface area contributed by atoms with Gasteiger partial charge in [-0.15, -0.1) is 12.4 Å². The summed E-state index contributed by atoms with van der Waals surface area (Å²) in [6.45, 7) is 4.03. The Morgan fingerprint density at radius 3 is 1.91 bits per heavy atom. The fraction of sp³-hybridized carbons (Fsp3) is 0.882. The number of carbonyl (C=O) groups is 2. The molecule has 0 bridgehead atoms. The van der Waals surface area contributed by atoms with Crippen LogP contribution in [0.4, 0.5) is 0 Å². The van der Waals surface area contributed by atoms with Gasteiger partial charge in [-0.3, -0.25) is 9.59 Å². The second-order valence-corrected chi connectivity index (χ2v) is 7.20. The van der Waals surface area contributed by atoms with Crippen LogP contribution in [-0.2, 0) is 9.59 Å². The number of rotatable bonds is 3. The number of likely N-dealkylation sites (tertiary alicyclic amines) is 2. The molecule has 0 aromatic heterocycles. The molecule has 3 aliphatic rings. The summed E-state index contributed by atoms with van der Waals surface area (Å²) in [6, 6.07) is 0. The topological polar surface area (TPSA) is 66.6 Å². The Morgan fingerprint density at radius 1 is 0.826 bits per heavy atom. The minimum absolute atomic E-state index is 0. The third kappa shape index (κ3) is 4.00. The van der Waals surface area contributed by atoms with Gasteiger partial charge in [0.25, 0.3) is 0 Å². The van der Waals surface area contributed by atoms with Crippen LogP contribution in [0.15, 0.2) is 0 Å². The monoisotopic (exact) mass is 343 g/mol. The number of nitrogens with two attached hydrogens (primary N) is 1. The minimum Gasteiger partial charge on any atom is -0.342 e. The van der Waals surface area contributed by atoms with Crippen molar-refractivity contribution in [1.29, 1.82) is 0 Å². The SMILES string of the molecule is Cl.NCC1CCN(C(=O)C2CCCCC2C(=O)N2CCCC2)C1. The summed E-state index contributed by atoms with van der Waals surface area (Å²) in [6.07, 6.45) is 7.17. The molecule has 3 rings (SSSR count). The predicted molar refractivity (Wildman–Crippen MR) is 92.3 cm³/mol. The molecule has 1 saturated carbocycles. The summed E-state index contributed by atoms with van der Waals surface area (Å²) in [5.74, 6) is 0.744. The van der Waals surface area contributed by atoms with Crippen LogP contribution >= 0.6 is 12.4 Å². The summed E-state index contributed by atoms with van der Waals surface area (Å²) < 4.78 is 0. The Morgan fingerprint density at radius 2 is 1.39 bits per heavy atom. The van der Waals surface area contributed by atoms with Gasteiger partial charge in [0.15, 0.2) is 0 Å². The Balaban J connectivity index is 0.00000192. The van der Waals surface area contributed by atoms with E-state index in [1.165, 1.54) is 0 Å². The molecule has 132 valence electrons. The van der Waals surface area contributed by atoms with Crippen molar-refractivity contribution in [2.75, 3.05) is 32.7 Å². The van der Waals surface area contributed by atoms with Gasteiger partial charge in [-0.1, -0.05) is 12.8 Å². The zero-order valence-electron chi connectivity index (χ0n) is 13.9. The third-order valence-electron chi connectivity index (χ3n) is 5.75. The quantitative estimate of drug-likeness (QED) is 0.847. The molecule has 6 heteroatoms. The van der Waals surface area contributed by atoms with Gasteiger partial charge in [-0.05, 0) is 44.6 Å². The highest BCUT2D eigenvalue weighted by atomic mass is 35.5. The first kappa shape index (κ1) is 18.5. The lowest BCUT2D eigenvalue weighted by Crippen LogP contribution is -2.45. The van der Waals surface area contributed by atoms with E-state index in [1.807, 2.05) is 9.80 Å². The van der Waals surface area contributed by atoms with Gasteiger partial charge in [0.05, 0.1) is 0 Å². The van der Waals surface area contributed by atoms with E-state index in [9.17, 15) is 9.59 Å². The third-order valence-corrected chi connectivity index (χ3v) is 5.75. The molecule has 3 fully saturated rings. The zero-order valence-corrected chi connectivity index (χ0v) is 14.7. The largest absolute Gasteiger partial charge is 0.342 e. The van der Waals surface area contributed by atoms with Crippen LogP contribution in [0.2, 0.25) is 0 Å². The summed E-state index contributed by atoms with van der Waals surface area (Å²) in [5.41, 5.74) is 5.73. The summed E-state index contributed by atoms with van der Waals surface area (Å²) in [7, 11) is 0. The van der Waals surface area contributed by atoms with Crippen LogP contribution in [0.5, 0.6) is 0 Å². The Hall–Kier alpha value is -0.810. The molecule has 0 aromatic rings. The molecule has 1 aliphatic carbocycles.